The molecule has 3 aromatic rings. The molecule has 0 aliphatic carbocycles. The van der Waals surface area contributed by atoms with Gasteiger partial charge in [-0.15, -0.1) is 0 Å². The largest absolute Gasteiger partial charge is 0.402 e. The van der Waals surface area contributed by atoms with Crippen molar-refractivity contribution in [2.45, 2.75) is 4.90 Å². The van der Waals surface area contributed by atoms with Crippen molar-refractivity contribution in [3.05, 3.63) is 102 Å². The molecule has 1 heterocycles. The van der Waals surface area contributed by atoms with Crippen LogP contribution in [0.15, 0.2) is 94.4 Å². The first-order valence-electron chi connectivity index (χ1n) is 8.79. The fourth-order valence-electron chi connectivity index (χ4n) is 2.73. The van der Waals surface area contributed by atoms with Crippen molar-refractivity contribution in [2.75, 3.05) is 0 Å². The Bertz CT molecular complexity index is 1280. The van der Waals surface area contributed by atoms with Gasteiger partial charge in [0.15, 0.2) is 5.70 Å². The summed E-state index contributed by atoms with van der Waals surface area (Å²) in [6.45, 7) is 0. The normalized spacial score (nSPS) is 15.0. The molecule has 0 atom stereocenters. The quantitative estimate of drug-likeness (QED) is 0.353. The van der Waals surface area contributed by atoms with E-state index in [0.29, 0.717) is 11.1 Å². The van der Waals surface area contributed by atoms with Crippen LogP contribution in [0.2, 0.25) is 0 Å². The van der Waals surface area contributed by atoms with Crippen LogP contribution in [-0.4, -0.2) is 20.3 Å². The molecule has 0 fully saturated rings. The van der Waals surface area contributed by atoms with Crippen molar-refractivity contribution < 1.29 is 26.5 Å². The third kappa shape index (κ3) is 4.13. The van der Waals surface area contributed by atoms with Crippen LogP contribution in [0.1, 0.15) is 11.1 Å². The lowest BCUT2D eigenvalue weighted by Gasteiger charge is -2.09. The van der Waals surface area contributed by atoms with Crippen LogP contribution in [0, 0.1) is 5.82 Å². The van der Waals surface area contributed by atoms with Crippen LogP contribution in [0.3, 0.4) is 0 Å². The fourth-order valence-corrected chi connectivity index (χ4v) is 3.71. The first-order chi connectivity index (χ1) is 14.4. The zero-order valence-electron chi connectivity index (χ0n) is 15.4. The number of benzene rings is 3. The lowest BCUT2D eigenvalue weighted by Crippen LogP contribution is -2.10. The first kappa shape index (κ1) is 19.5. The molecular weight excluding hydrogens is 409 g/mol. The number of esters is 1. The highest BCUT2D eigenvalue weighted by Gasteiger charge is 2.25. The molecule has 0 saturated carbocycles. The van der Waals surface area contributed by atoms with Gasteiger partial charge in [-0.2, -0.15) is 8.42 Å². The van der Waals surface area contributed by atoms with Gasteiger partial charge < -0.3 is 8.92 Å². The Kier molecular flexibility index (Phi) is 5.16. The van der Waals surface area contributed by atoms with Crippen molar-refractivity contribution in [1.29, 1.82) is 0 Å². The highest BCUT2D eigenvalue weighted by atomic mass is 32.2. The standard InChI is InChI=1S/C22H14FNO5S/c23-17-9-6-8-16(13-17)21-24-19(22(25)28-21)14-15-7-4-5-12-20(15)29-30(26,27)18-10-2-1-3-11-18/h1-14H/b19-14+. The summed E-state index contributed by atoms with van der Waals surface area (Å²) in [4.78, 5) is 16.3. The van der Waals surface area contributed by atoms with E-state index in [1.165, 1.54) is 42.5 Å². The summed E-state index contributed by atoms with van der Waals surface area (Å²) in [6, 6.07) is 19.5. The molecule has 0 aromatic heterocycles. The third-order valence-corrected chi connectivity index (χ3v) is 5.38. The van der Waals surface area contributed by atoms with E-state index in [0.717, 1.165) is 0 Å². The monoisotopic (exact) mass is 423 g/mol. The second-order valence-electron chi connectivity index (χ2n) is 6.23. The van der Waals surface area contributed by atoms with Gasteiger partial charge in [-0.1, -0.05) is 42.5 Å². The number of aliphatic imine (C=N–C) groups is 1. The molecule has 3 aromatic carbocycles. The number of cyclic esters (lactones) is 1. The van der Waals surface area contributed by atoms with Crippen LogP contribution in [0.25, 0.3) is 6.08 Å². The number of nitrogens with zero attached hydrogens (tertiary/aromatic N) is 1. The summed E-state index contributed by atoms with van der Waals surface area (Å²) in [5.41, 5.74) is 0.554. The van der Waals surface area contributed by atoms with Gasteiger partial charge in [-0.05, 0) is 42.5 Å². The number of hydrogen-bond donors (Lipinski definition) is 0. The van der Waals surface area contributed by atoms with E-state index in [1.54, 1.807) is 42.5 Å². The molecule has 8 heteroatoms. The minimum absolute atomic E-state index is 0.000793. The zero-order chi connectivity index (χ0) is 21.1. The number of para-hydroxylation sites is 1. The second-order valence-corrected chi connectivity index (χ2v) is 7.78. The zero-order valence-corrected chi connectivity index (χ0v) is 16.2. The Morgan fingerprint density at radius 1 is 0.933 bits per heavy atom. The highest BCUT2D eigenvalue weighted by Crippen LogP contribution is 2.27. The molecule has 0 unspecified atom stereocenters. The molecule has 0 bridgehead atoms. The van der Waals surface area contributed by atoms with Crippen LogP contribution in [0.4, 0.5) is 4.39 Å². The van der Waals surface area contributed by atoms with Gasteiger partial charge in [0.1, 0.15) is 16.5 Å². The Balaban J connectivity index is 1.67. The predicted molar refractivity (Wildman–Crippen MR) is 108 cm³/mol. The molecule has 150 valence electrons. The van der Waals surface area contributed by atoms with E-state index in [9.17, 15) is 17.6 Å². The maximum absolute atomic E-state index is 13.4. The van der Waals surface area contributed by atoms with Crippen molar-refractivity contribution in [1.82, 2.24) is 0 Å². The number of hydrogen-bond acceptors (Lipinski definition) is 6. The van der Waals surface area contributed by atoms with Crippen LogP contribution < -0.4 is 4.18 Å². The Morgan fingerprint density at radius 3 is 2.43 bits per heavy atom. The number of carbonyl (C=O) groups is 1. The topological polar surface area (TPSA) is 82.0 Å². The van der Waals surface area contributed by atoms with E-state index < -0.39 is 21.9 Å². The van der Waals surface area contributed by atoms with Gasteiger partial charge in [0.25, 0.3) is 0 Å². The SMILES string of the molecule is O=C1OC(c2cccc(F)c2)=N/C1=C/c1ccccc1OS(=O)(=O)c1ccccc1. The van der Waals surface area contributed by atoms with Crippen molar-refractivity contribution in [3.63, 3.8) is 0 Å². The average molecular weight is 423 g/mol. The van der Waals surface area contributed by atoms with E-state index in [2.05, 4.69) is 4.99 Å². The third-order valence-electron chi connectivity index (χ3n) is 4.13. The Labute approximate surface area is 172 Å². The number of ether oxygens (including phenoxy) is 1. The average Bonchev–Trinajstić information content (AvgIpc) is 3.10. The Morgan fingerprint density at radius 2 is 1.67 bits per heavy atom. The molecule has 4 rings (SSSR count). The summed E-state index contributed by atoms with van der Waals surface area (Å²) in [5, 5.41) is 0. The smallest absolute Gasteiger partial charge is 0.363 e. The number of carbonyl (C=O) groups excluding carboxylic acids is 1. The van der Waals surface area contributed by atoms with Crippen LogP contribution in [-0.2, 0) is 19.6 Å². The highest BCUT2D eigenvalue weighted by molar-refractivity contribution is 7.87. The van der Waals surface area contributed by atoms with E-state index >= 15 is 0 Å². The van der Waals surface area contributed by atoms with Crippen LogP contribution >= 0.6 is 0 Å². The number of halogens is 1. The summed E-state index contributed by atoms with van der Waals surface area (Å²) in [7, 11) is -4.06. The molecule has 0 radical (unpaired) electrons. The van der Waals surface area contributed by atoms with Gasteiger partial charge in [0.2, 0.25) is 5.90 Å². The number of rotatable bonds is 5. The maximum Gasteiger partial charge on any atom is 0.363 e. The van der Waals surface area contributed by atoms with E-state index in [4.69, 9.17) is 8.92 Å². The van der Waals surface area contributed by atoms with Crippen LogP contribution in [0.5, 0.6) is 5.75 Å². The lowest BCUT2D eigenvalue weighted by molar-refractivity contribution is -0.129. The summed E-state index contributed by atoms with van der Waals surface area (Å²) < 4.78 is 48.9. The first-order valence-corrected chi connectivity index (χ1v) is 10.2. The summed E-state index contributed by atoms with van der Waals surface area (Å²) in [5.74, 6) is -1.25. The molecule has 0 spiro atoms. The van der Waals surface area contributed by atoms with Crippen molar-refractivity contribution in [3.8, 4) is 5.75 Å². The molecule has 0 saturated heterocycles. The molecular formula is C22H14FNO5S. The van der Waals surface area contributed by atoms with Crippen molar-refractivity contribution >= 4 is 28.1 Å². The molecule has 1 aliphatic heterocycles. The molecule has 6 nitrogen and oxygen atoms in total. The van der Waals surface area contributed by atoms with E-state index in [1.807, 2.05) is 0 Å². The van der Waals surface area contributed by atoms with Crippen molar-refractivity contribution in [2.24, 2.45) is 4.99 Å². The minimum atomic E-state index is -4.06. The van der Waals surface area contributed by atoms with E-state index in [-0.39, 0.29) is 22.2 Å². The molecule has 0 N–H and O–H groups in total. The lowest BCUT2D eigenvalue weighted by atomic mass is 10.1. The minimum Gasteiger partial charge on any atom is -0.402 e. The fraction of sp³-hybridized carbons (Fsp3) is 0. The molecule has 0 amide bonds. The predicted octanol–water partition coefficient (Wildman–Crippen LogP) is 3.94. The molecule has 30 heavy (non-hydrogen) atoms. The summed E-state index contributed by atoms with van der Waals surface area (Å²) in [6.07, 6.45) is 1.35. The van der Waals surface area contributed by atoms with Gasteiger partial charge >= 0.3 is 16.1 Å². The van der Waals surface area contributed by atoms with Gasteiger partial charge in [0.05, 0.1) is 0 Å². The molecule has 1 aliphatic rings. The second kappa shape index (κ2) is 7.92. The van der Waals surface area contributed by atoms with Gasteiger partial charge in [-0.3, -0.25) is 0 Å². The van der Waals surface area contributed by atoms with Gasteiger partial charge in [-0.25, -0.2) is 14.2 Å². The maximum atomic E-state index is 13.4. The summed E-state index contributed by atoms with van der Waals surface area (Å²) >= 11 is 0. The Hall–Kier alpha value is -3.78. The van der Waals surface area contributed by atoms with Gasteiger partial charge in [0, 0.05) is 11.1 Å².